The van der Waals surface area contributed by atoms with Crippen LogP contribution in [0.5, 0.6) is 0 Å². The van der Waals surface area contributed by atoms with Gasteiger partial charge in [-0.1, -0.05) is 17.4 Å². The van der Waals surface area contributed by atoms with Crippen LogP contribution in [0, 0.1) is 13.8 Å². The second kappa shape index (κ2) is 7.18. The average Bonchev–Trinajstić information content (AvgIpc) is 3.14. The number of anilines is 3. The van der Waals surface area contributed by atoms with Crippen molar-refractivity contribution in [1.82, 2.24) is 10.2 Å². The number of aryl methyl sites for hydroxylation is 2. The first-order valence-corrected chi connectivity index (χ1v) is 8.97. The minimum absolute atomic E-state index is 0.0814. The highest BCUT2D eigenvalue weighted by Crippen LogP contribution is 2.29. The van der Waals surface area contributed by atoms with Gasteiger partial charge in [0.25, 0.3) is 0 Å². The van der Waals surface area contributed by atoms with Crippen LogP contribution in [0.4, 0.5) is 16.0 Å². The molecule has 3 rings (SSSR count). The van der Waals surface area contributed by atoms with Crippen molar-refractivity contribution < 1.29 is 9.59 Å². The van der Waals surface area contributed by atoms with Crippen molar-refractivity contribution in [2.75, 3.05) is 35.3 Å². The van der Waals surface area contributed by atoms with Gasteiger partial charge in [-0.05, 0) is 43.5 Å². The van der Waals surface area contributed by atoms with Crippen LogP contribution >= 0.6 is 11.3 Å². The van der Waals surface area contributed by atoms with E-state index >= 15 is 0 Å². The Kier molecular flexibility index (Phi) is 4.98. The molecular formula is C17H21N5O2S. The molecule has 0 spiro atoms. The number of carbonyl (C=O) groups is 2. The Bertz CT molecular complexity index is 784. The number of hydrogen-bond donors (Lipinski definition) is 1. The molecule has 1 aliphatic heterocycles. The number of rotatable bonds is 5. The SMILES string of the molecule is Cc1cc(C)cc(NC(=O)CN(C)c2nnc(N3CCCC3=O)s2)c1. The minimum Gasteiger partial charge on any atom is -0.340 e. The third kappa shape index (κ3) is 4.14. The molecule has 0 radical (unpaired) electrons. The highest BCUT2D eigenvalue weighted by atomic mass is 32.1. The Hall–Kier alpha value is -2.48. The zero-order chi connectivity index (χ0) is 18.0. The molecule has 0 saturated carbocycles. The molecule has 2 heterocycles. The van der Waals surface area contributed by atoms with Crippen LogP contribution in [-0.4, -0.2) is 42.1 Å². The van der Waals surface area contributed by atoms with E-state index in [1.165, 1.54) is 11.3 Å². The average molecular weight is 359 g/mol. The molecule has 25 heavy (non-hydrogen) atoms. The summed E-state index contributed by atoms with van der Waals surface area (Å²) in [6, 6.07) is 5.93. The standard InChI is InChI=1S/C17H21N5O2S/c1-11-7-12(2)9-13(8-11)18-14(23)10-21(3)16-19-20-17(25-16)22-6-4-5-15(22)24/h7-9H,4-6,10H2,1-3H3,(H,18,23). The highest BCUT2D eigenvalue weighted by Gasteiger charge is 2.25. The first-order valence-electron chi connectivity index (χ1n) is 8.15. The molecule has 0 atom stereocenters. The van der Waals surface area contributed by atoms with Crippen LogP contribution in [-0.2, 0) is 9.59 Å². The molecule has 1 aromatic carbocycles. The highest BCUT2D eigenvalue weighted by molar-refractivity contribution is 7.19. The minimum atomic E-state index is -0.124. The van der Waals surface area contributed by atoms with Gasteiger partial charge in [0.05, 0.1) is 6.54 Å². The second-order valence-electron chi connectivity index (χ2n) is 6.30. The third-order valence-electron chi connectivity index (χ3n) is 3.92. The van der Waals surface area contributed by atoms with E-state index in [0.717, 1.165) is 23.2 Å². The van der Waals surface area contributed by atoms with Gasteiger partial charge >= 0.3 is 0 Å². The molecule has 7 nitrogen and oxygen atoms in total. The topological polar surface area (TPSA) is 78.4 Å². The van der Waals surface area contributed by atoms with E-state index in [1.807, 2.05) is 26.0 Å². The lowest BCUT2D eigenvalue weighted by atomic mass is 10.1. The van der Waals surface area contributed by atoms with Crippen LogP contribution in [0.1, 0.15) is 24.0 Å². The summed E-state index contributed by atoms with van der Waals surface area (Å²) in [6.45, 7) is 4.84. The van der Waals surface area contributed by atoms with Gasteiger partial charge in [0.15, 0.2) is 0 Å². The zero-order valence-corrected chi connectivity index (χ0v) is 15.4. The summed E-state index contributed by atoms with van der Waals surface area (Å²) in [5, 5.41) is 12.3. The number of nitrogens with zero attached hydrogens (tertiary/aromatic N) is 4. The molecule has 1 fully saturated rings. The number of likely N-dealkylation sites (N-methyl/N-ethyl adjacent to an activating group) is 1. The lowest BCUT2D eigenvalue weighted by molar-refractivity contribution is -0.117. The molecule has 8 heteroatoms. The molecule has 1 aliphatic rings. The largest absolute Gasteiger partial charge is 0.340 e. The molecule has 1 N–H and O–H groups in total. The molecule has 132 valence electrons. The van der Waals surface area contributed by atoms with Crippen molar-refractivity contribution >= 4 is 39.1 Å². The van der Waals surface area contributed by atoms with E-state index in [1.54, 1.807) is 16.8 Å². The summed E-state index contributed by atoms with van der Waals surface area (Å²) in [4.78, 5) is 27.4. The van der Waals surface area contributed by atoms with Crippen LogP contribution in [0.25, 0.3) is 0 Å². The van der Waals surface area contributed by atoms with Gasteiger partial charge < -0.3 is 10.2 Å². The maximum atomic E-state index is 12.3. The van der Waals surface area contributed by atoms with E-state index in [4.69, 9.17) is 0 Å². The van der Waals surface area contributed by atoms with Gasteiger partial charge in [-0.3, -0.25) is 14.5 Å². The van der Waals surface area contributed by atoms with Gasteiger partial charge in [0.1, 0.15) is 0 Å². The van der Waals surface area contributed by atoms with Crippen LogP contribution < -0.4 is 15.1 Å². The van der Waals surface area contributed by atoms with E-state index in [2.05, 4.69) is 21.6 Å². The molecule has 2 amide bonds. The van der Waals surface area contributed by atoms with Crippen molar-refractivity contribution in [3.05, 3.63) is 29.3 Å². The first-order chi connectivity index (χ1) is 11.9. The Morgan fingerprint density at radius 1 is 1.28 bits per heavy atom. The maximum Gasteiger partial charge on any atom is 0.243 e. The molecule has 0 bridgehead atoms. The summed E-state index contributed by atoms with van der Waals surface area (Å²) in [7, 11) is 1.79. The van der Waals surface area contributed by atoms with Crippen LogP contribution in [0.2, 0.25) is 0 Å². The lowest BCUT2D eigenvalue weighted by Gasteiger charge is -2.15. The predicted molar refractivity (Wildman–Crippen MR) is 99.3 cm³/mol. The second-order valence-corrected chi connectivity index (χ2v) is 7.23. The molecule has 0 unspecified atom stereocenters. The van der Waals surface area contributed by atoms with Crippen molar-refractivity contribution in [3.63, 3.8) is 0 Å². The Morgan fingerprint density at radius 3 is 2.64 bits per heavy atom. The normalized spacial score (nSPS) is 14.0. The quantitative estimate of drug-likeness (QED) is 0.887. The smallest absolute Gasteiger partial charge is 0.243 e. The monoisotopic (exact) mass is 359 g/mol. The summed E-state index contributed by atoms with van der Waals surface area (Å²) >= 11 is 1.32. The molecule has 2 aromatic rings. The maximum absolute atomic E-state index is 12.3. The number of nitrogens with one attached hydrogen (secondary N) is 1. The first kappa shape index (κ1) is 17.3. The Morgan fingerprint density at radius 2 is 2.00 bits per heavy atom. The number of aromatic nitrogens is 2. The number of hydrogen-bond acceptors (Lipinski definition) is 6. The molecule has 1 saturated heterocycles. The van der Waals surface area contributed by atoms with E-state index < -0.39 is 0 Å². The third-order valence-corrected chi connectivity index (χ3v) is 4.98. The zero-order valence-electron chi connectivity index (χ0n) is 14.6. The molecular weight excluding hydrogens is 338 g/mol. The molecule has 1 aromatic heterocycles. The summed E-state index contributed by atoms with van der Waals surface area (Å²) in [6.07, 6.45) is 1.41. The fraction of sp³-hybridized carbons (Fsp3) is 0.412. The van der Waals surface area contributed by atoms with Gasteiger partial charge in [-0.25, -0.2) is 0 Å². The van der Waals surface area contributed by atoms with Gasteiger partial charge in [0, 0.05) is 25.7 Å². The van der Waals surface area contributed by atoms with Gasteiger partial charge in [-0.2, -0.15) is 0 Å². The van der Waals surface area contributed by atoms with Crippen molar-refractivity contribution in [1.29, 1.82) is 0 Å². The number of benzene rings is 1. The van der Waals surface area contributed by atoms with Crippen molar-refractivity contribution in [3.8, 4) is 0 Å². The Labute approximate surface area is 150 Å². The van der Waals surface area contributed by atoms with Gasteiger partial charge in [0.2, 0.25) is 22.1 Å². The lowest BCUT2D eigenvalue weighted by Crippen LogP contribution is -2.30. The summed E-state index contributed by atoms with van der Waals surface area (Å²) < 4.78 is 0. The van der Waals surface area contributed by atoms with Crippen LogP contribution in [0.15, 0.2) is 18.2 Å². The summed E-state index contributed by atoms with van der Waals surface area (Å²) in [5.74, 6) is -0.0422. The Balaban J connectivity index is 1.61. The van der Waals surface area contributed by atoms with E-state index in [-0.39, 0.29) is 18.4 Å². The van der Waals surface area contributed by atoms with Crippen molar-refractivity contribution in [2.45, 2.75) is 26.7 Å². The molecule has 0 aliphatic carbocycles. The van der Waals surface area contributed by atoms with E-state index in [9.17, 15) is 9.59 Å². The fourth-order valence-corrected chi connectivity index (χ4v) is 3.70. The predicted octanol–water partition coefficient (Wildman–Crippen LogP) is 2.36. The number of amides is 2. The number of carbonyl (C=O) groups excluding carboxylic acids is 2. The fourth-order valence-electron chi connectivity index (χ4n) is 2.85. The van der Waals surface area contributed by atoms with E-state index in [0.29, 0.717) is 23.2 Å². The van der Waals surface area contributed by atoms with Crippen LogP contribution in [0.3, 0.4) is 0 Å². The summed E-state index contributed by atoms with van der Waals surface area (Å²) in [5.41, 5.74) is 3.00. The van der Waals surface area contributed by atoms with Gasteiger partial charge in [-0.15, -0.1) is 10.2 Å². The van der Waals surface area contributed by atoms with Crippen molar-refractivity contribution in [2.24, 2.45) is 0 Å².